The van der Waals surface area contributed by atoms with Gasteiger partial charge in [-0.05, 0) is 55.9 Å². The Hall–Kier alpha value is -1.64. The summed E-state index contributed by atoms with van der Waals surface area (Å²) in [6.07, 6.45) is 0.862. The van der Waals surface area contributed by atoms with Gasteiger partial charge in [0.2, 0.25) is 10.0 Å². The molecule has 0 bridgehead atoms. The van der Waals surface area contributed by atoms with Gasteiger partial charge in [0.15, 0.2) is 6.10 Å². The van der Waals surface area contributed by atoms with E-state index in [0.717, 1.165) is 12.8 Å². The lowest BCUT2D eigenvalue weighted by molar-refractivity contribution is -0.161. The van der Waals surface area contributed by atoms with E-state index in [2.05, 4.69) is 11.6 Å². The number of likely N-dealkylation sites (tertiary alicyclic amines) is 1. The van der Waals surface area contributed by atoms with Crippen molar-refractivity contribution in [1.82, 2.24) is 9.62 Å². The first-order chi connectivity index (χ1) is 13.5. The van der Waals surface area contributed by atoms with Crippen LogP contribution in [-0.2, 0) is 24.3 Å². The number of benzene rings is 1. The highest BCUT2D eigenvalue weighted by molar-refractivity contribution is 7.89. The Bertz CT molecular complexity index is 818. The topological polar surface area (TPSA) is 92.8 Å². The molecule has 7 nitrogen and oxygen atoms in total. The first-order valence-electron chi connectivity index (χ1n) is 9.78. The largest absolute Gasteiger partial charge is 0.451 e. The van der Waals surface area contributed by atoms with Crippen molar-refractivity contribution in [3.05, 3.63) is 29.3 Å². The lowest BCUT2D eigenvalue weighted by Crippen LogP contribution is -2.49. The van der Waals surface area contributed by atoms with Crippen LogP contribution in [0.1, 0.15) is 40.5 Å². The summed E-state index contributed by atoms with van der Waals surface area (Å²) in [5, 5.41) is 0.406. The van der Waals surface area contributed by atoms with E-state index >= 15 is 0 Å². The molecule has 1 saturated heterocycles. The van der Waals surface area contributed by atoms with Crippen molar-refractivity contribution >= 4 is 33.5 Å². The number of carbonyl (C=O) groups excluding carboxylic acids is 2. The number of ether oxygens (including phenoxy) is 1. The molecule has 0 saturated carbocycles. The van der Waals surface area contributed by atoms with E-state index in [0.29, 0.717) is 24.0 Å². The Balaban J connectivity index is 2.05. The van der Waals surface area contributed by atoms with Gasteiger partial charge < -0.3 is 9.64 Å². The number of piperidine rings is 1. The molecule has 1 aliphatic rings. The van der Waals surface area contributed by atoms with Gasteiger partial charge in [-0.3, -0.25) is 9.59 Å². The van der Waals surface area contributed by atoms with Gasteiger partial charge in [-0.15, -0.1) is 0 Å². The van der Waals surface area contributed by atoms with Gasteiger partial charge in [0.1, 0.15) is 6.04 Å². The van der Waals surface area contributed by atoms with Crippen molar-refractivity contribution in [3.8, 4) is 0 Å². The maximum Gasteiger partial charge on any atom is 0.325 e. The van der Waals surface area contributed by atoms with E-state index in [-0.39, 0.29) is 16.7 Å². The normalized spacial score (nSPS) is 17.8. The number of nitrogens with zero attached hydrogens (tertiary/aromatic N) is 1. The molecule has 2 atom stereocenters. The smallest absolute Gasteiger partial charge is 0.325 e. The number of amides is 1. The molecule has 0 aliphatic carbocycles. The molecule has 1 aliphatic heterocycles. The number of carbonyl (C=O) groups is 2. The number of sulfonamides is 1. The molecule has 0 radical (unpaired) electrons. The van der Waals surface area contributed by atoms with E-state index in [1.165, 1.54) is 31.2 Å². The first-order valence-corrected chi connectivity index (χ1v) is 11.6. The zero-order chi connectivity index (χ0) is 21.8. The second kappa shape index (κ2) is 9.91. The Morgan fingerprint density at radius 3 is 2.21 bits per heavy atom. The number of halogens is 1. The SMILES string of the molecule is CC1CCN(C(=O)[C@H](C)OC(=O)[C@H](NS(=O)(=O)c2ccc(Cl)cc2)C(C)C)CC1. The minimum atomic E-state index is -3.95. The molecule has 1 heterocycles. The van der Waals surface area contributed by atoms with Crippen molar-refractivity contribution in [3.63, 3.8) is 0 Å². The zero-order valence-corrected chi connectivity index (χ0v) is 18.8. The molecular weight excluding hydrogens is 416 g/mol. The van der Waals surface area contributed by atoms with E-state index in [4.69, 9.17) is 16.3 Å². The highest BCUT2D eigenvalue weighted by Crippen LogP contribution is 2.19. The summed E-state index contributed by atoms with van der Waals surface area (Å²) in [7, 11) is -3.95. The fourth-order valence-electron chi connectivity index (χ4n) is 3.09. The van der Waals surface area contributed by atoms with E-state index in [9.17, 15) is 18.0 Å². The van der Waals surface area contributed by atoms with Crippen molar-refractivity contribution < 1.29 is 22.7 Å². The first kappa shape index (κ1) is 23.6. The van der Waals surface area contributed by atoms with E-state index in [1.807, 2.05) is 0 Å². The second-order valence-corrected chi connectivity index (χ2v) is 10.0. The van der Waals surface area contributed by atoms with Gasteiger partial charge in [0, 0.05) is 18.1 Å². The summed E-state index contributed by atoms with van der Waals surface area (Å²) < 4.78 is 33.0. The van der Waals surface area contributed by atoms with Crippen LogP contribution in [0, 0.1) is 11.8 Å². The third-order valence-electron chi connectivity index (χ3n) is 5.06. The fraction of sp³-hybridized carbons (Fsp3) is 0.600. The molecule has 9 heteroatoms. The predicted molar refractivity (Wildman–Crippen MR) is 111 cm³/mol. The zero-order valence-electron chi connectivity index (χ0n) is 17.2. The molecule has 29 heavy (non-hydrogen) atoms. The highest BCUT2D eigenvalue weighted by atomic mass is 35.5. The molecule has 0 aromatic heterocycles. The molecule has 1 aromatic carbocycles. The van der Waals surface area contributed by atoms with Crippen molar-refractivity contribution in [1.29, 1.82) is 0 Å². The summed E-state index contributed by atoms with van der Waals surface area (Å²) in [6.45, 7) is 8.34. The Kier molecular flexibility index (Phi) is 8.08. The van der Waals surface area contributed by atoms with Gasteiger partial charge in [-0.25, -0.2) is 8.42 Å². The average Bonchev–Trinajstić information content (AvgIpc) is 2.66. The third-order valence-corrected chi connectivity index (χ3v) is 6.77. The number of rotatable bonds is 7. The van der Waals surface area contributed by atoms with Crippen LogP contribution < -0.4 is 4.72 Å². The maximum atomic E-state index is 12.7. The van der Waals surface area contributed by atoms with Crippen LogP contribution in [0.4, 0.5) is 0 Å². The number of nitrogens with one attached hydrogen (secondary N) is 1. The van der Waals surface area contributed by atoms with Crippen molar-refractivity contribution in [2.45, 2.75) is 57.6 Å². The molecule has 162 valence electrons. The van der Waals surface area contributed by atoms with Crippen molar-refractivity contribution in [2.75, 3.05) is 13.1 Å². The van der Waals surface area contributed by atoms with Crippen LogP contribution in [0.25, 0.3) is 0 Å². The monoisotopic (exact) mass is 444 g/mol. The Morgan fingerprint density at radius 1 is 1.14 bits per heavy atom. The average molecular weight is 445 g/mol. The van der Waals surface area contributed by atoms with Crippen LogP contribution in [0.15, 0.2) is 29.2 Å². The molecular formula is C20H29ClN2O5S. The van der Waals surface area contributed by atoms with Crippen LogP contribution in [0.2, 0.25) is 5.02 Å². The quantitative estimate of drug-likeness (QED) is 0.653. The standard InChI is InChI=1S/C20H29ClN2O5S/c1-13(2)18(22-29(26,27)17-7-5-16(21)6-8-17)20(25)28-15(4)19(24)23-11-9-14(3)10-12-23/h5-8,13-15,18,22H,9-12H2,1-4H3/t15-,18+/m0/s1. The molecule has 1 amide bonds. The number of hydrogen-bond acceptors (Lipinski definition) is 5. The van der Waals surface area contributed by atoms with Gasteiger partial charge in [-0.1, -0.05) is 32.4 Å². The van der Waals surface area contributed by atoms with Crippen LogP contribution in [0.3, 0.4) is 0 Å². The minimum absolute atomic E-state index is 0.00749. The lowest BCUT2D eigenvalue weighted by atomic mass is 9.99. The molecule has 1 aromatic rings. The van der Waals surface area contributed by atoms with E-state index in [1.54, 1.807) is 18.7 Å². The Labute approximate surface area is 177 Å². The third kappa shape index (κ3) is 6.42. The summed E-state index contributed by atoms with van der Waals surface area (Å²) >= 11 is 5.80. The van der Waals surface area contributed by atoms with E-state index < -0.39 is 28.1 Å². The van der Waals surface area contributed by atoms with Crippen molar-refractivity contribution in [2.24, 2.45) is 11.8 Å². The molecule has 0 spiro atoms. The van der Waals surface area contributed by atoms with Gasteiger partial charge in [-0.2, -0.15) is 4.72 Å². The summed E-state index contributed by atoms with van der Waals surface area (Å²) in [5.41, 5.74) is 0. The van der Waals surface area contributed by atoms with Crippen LogP contribution >= 0.6 is 11.6 Å². The summed E-state index contributed by atoms with van der Waals surface area (Å²) in [5.74, 6) is -0.829. The molecule has 1 fully saturated rings. The fourth-order valence-corrected chi connectivity index (χ4v) is 4.55. The van der Waals surface area contributed by atoms with Crippen LogP contribution in [-0.4, -0.2) is 50.4 Å². The van der Waals surface area contributed by atoms with Gasteiger partial charge in [0.25, 0.3) is 5.91 Å². The maximum absolute atomic E-state index is 12.7. The second-order valence-electron chi connectivity index (χ2n) is 7.88. The predicted octanol–water partition coefficient (Wildman–Crippen LogP) is 2.83. The summed E-state index contributed by atoms with van der Waals surface area (Å²) in [4.78, 5) is 26.9. The minimum Gasteiger partial charge on any atom is -0.451 e. The molecule has 1 N–H and O–H groups in total. The molecule has 2 rings (SSSR count). The Morgan fingerprint density at radius 2 is 1.69 bits per heavy atom. The molecule has 0 unspecified atom stereocenters. The van der Waals surface area contributed by atoms with Gasteiger partial charge >= 0.3 is 5.97 Å². The lowest BCUT2D eigenvalue weighted by Gasteiger charge is -2.32. The van der Waals surface area contributed by atoms with Crippen LogP contribution in [0.5, 0.6) is 0 Å². The highest BCUT2D eigenvalue weighted by Gasteiger charge is 2.33. The summed E-state index contributed by atoms with van der Waals surface area (Å²) in [6, 6.07) is 4.51. The number of esters is 1. The van der Waals surface area contributed by atoms with Gasteiger partial charge in [0.05, 0.1) is 4.90 Å². The number of hydrogen-bond donors (Lipinski definition) is 1.